The predicted molar refractivity (Wildman–Crippen MR) is 63.4 cm³/mol. The number of amides is 1. The Bertz CT molecular complexity index is 519. The summed E-state index contributed by atoms with van der Waals surface area (Å²) in [4.78, 5) is 25.0. The van der Waals surface area contributed by atoms with Crippen molar-refractivity contribution in [2.45, 2.75) is 38.0 Å². The molecule has 19 heavy (non-hydrogen) atoms. The van der Waals surface area contributed by atoms with Gasteiger partial charge in [-0.25, -0.2) is 4.79 Å². The molecule has 102 valence electrons. The topological polar surface area (TPSA) is 80.0 Å². The molecule has 0 bridgehead atoms. The third kappa shape index (κ3) is 2.02. The first kappa shape index (κ1) is 12.2. The summed E-state index contributed by atoms with van der Waals surface area (Å²) in [5.41, 5.74) is 0.834. The highest BCUT2D eigenvalue weighted by Gasteiger charge is 2.49. The third-order valence-corrected chi connectivity index (χ3v) is 3.61. The first-order valence-electron chi connectivity index (χ1n) is 6.29. The summed E-state index contributed by atoms with van der Waals surface area (Å²) in [7, 11) is 0. The Labute approximate surface area is 109 Å². The molecule has 0 aromatic carbocycles. The number of carboxylic acid groups (broad SMARTS) is 1. The molecule has 1 amide bonds. The number of carbonyl (C=O) groups excluding carboxylic acids is 1. The molecule has 1 aromatic rings. The van der Waals surface area contributed by atoms with Crippen LogP contribution in [-0.2, 0) is 14.3 Å². The Balaban J connectivity index is 2.02. The lowest BCUT2D eigenvalue weighted by Crippen LogP contribution is -2.52. The lowest BCUT2D eigenvalue weighted by molar-refractivity contribution is -0.175. The molecule has 2 aliphatic rings. The maximum atomic E-state index is 12.0. The first-order chi connectivity index (χ1) is 9.09. The van der Waals surface area contributed by atoms with E-state index in [-0.39, 0.29) is 18.6 Å². The predicted octanol–water partition coefficient (Wildman–Crippen LogP) is 1.10. The molecule has 2 fully saturated rings. The molecule has 1 saturated carbocycles. The van der Waals surface area contributed by atoms with Crippen molar-refractivity contribution in [2.24, 2.45) is 0 Å². The second kappa shape index (κ2) is 4.38. The second-order valence-corrected chi connectivity index (χ2v) is 5.01. The summed E-state index contributed by atoms with van der Waals surface area (Å²) in [6.07, 6.45) is 2.26. The van der Waals surface area contributed by atoms with Crippen LogP contribution in [0.15, 0.2) is 16.7 Å². The van der Waals surface area contributed by atoms with Crippen LogP contribution in [0.1, 0.15) is 30.2 Å². The first-order valence-corrected chi connectivity index (χ1v) is 6.29. The number of nitrogens with zero attached hydrogens (tertiary/aromatic N) is 1. The Kier molecular flexibility index (Phi) is 2.82. The standard InChI is InChI=1S/C13H15NO5/c1-7-4-5-18-11(7)10-12(13(16)17)19-6-9(15)14(10)8-2-3-8/h4-5,8,10,12H,2-3,6H2,1H3,(H,16,17). The van der Waals surface area contributed by atoms with Crippen LogP contribution < -0.4 is 0 Å². The second-order valence-electron chi connectivity index (χ2n) is 5.01. The molecule has 1 aromatic heterocycles. The van der Waals surface area contributed by atoms with Gasteiger partial charge in [0, 0.05) is 6.04 Å². The molecule has 1 aliphatic carbocycles. The lowest BCUT2D eigenvalue weighted by atomic mass is 10.0. The number of hydrogen-bond acceptors (Lipinski definition) is 4. The van der Waals surface area contributed by atoms with Crippen molar-refractivity contribution in [3.8, 4) is 0 Å². The average Bonchev–Trinajstić information content (AvgIpc) is 3.10. The van der Waals surface area contributed by atoms with Crippen LogP contribution in [0.2, 0.25) is 0 Å². The Hall–Kier alpha value is -1.82. The molecule has 0 spiro atoms. The van der Waals surface area contributed by atoms with Crippen molar-refractivity contribution in [1.82, 2.24) is 4.90 Å². The lowest BCUT2D eigenvalue weighted by Gasteiger charge is -2.38. The van der Waals surface area contributed by atoms with Gasteiger partial charge in [-0.15, -0.1) is 0 Å². The zero-order valence-corrected chi connectivity index (χ0v) is 10.5. The number of aliphatic carboxylic acids is 1. The monoisotopic (exact) mass is 265 g/mol. The van der Waals surface area contributed by atoms with Crippen molar-refractivity contribution >= 4 is 11.9 Å². The molecule has 1 N–H and O–H groups in total. The summed E-state index contributed by atoms with van der Waals surface area (Å²) in [5.74, 6) is -0.730. The van der Waals surface area contributed by atoms with Crippen LogP contribution in [0, 0.1) is 6.92 Å². The van der Waals surface area contributed by atoms with Crippen LogP contribution in [0.3, 0.4) is 0 Å². The molecule has 2 heterocycles. The van der Waals surface area contributed by atoms with Crippen molar-refractivity contribution in [3.05, 3.63) is 23.7 Å². The number of hydrogen-bond donors (Lipinski definition) is 1. The zero-order chi connectivity index (χ0) is 13.6. The van der Waals surface area contributed by atoms with E-state index in [4.69, 9.17) is 9.15 Å². The van der Waals surface area contributed by atoms with Crippen molar-refractivity contribution < 1.29 is 23.8 Å². The minimum absolute atomic E-state index is 0.118. The summed E-state index contributed by atoms with van der Waals surface area (Å²) in [6, 6.07) is 1.22. The van der Waals surface area contributed by atoms with Crippen LogP contribution in [0.25, 0.3) is 0 Å². The molecule has 3 rings (SSSR count). The third-order valence-electron chi connectivity index (χ3n) is 3.61. The number of furan rings is 1. The van der Waals surface area contributed by atoms with Crippen molar-refractivity contribution in [1.29, 1.82) is 0 Å². The number of morpholine rings is 1. The largest absolute Gasteiger partial charge is 0.479 e. The van der Waals surface area contributed by atoms with Crippen molar-refractivity contribution in [3.63, 3.8) is 0 Å². The molecule has 2 atom stereocenters. The van der Waals surface area contributed by atoms with Gasteiger partial charge >= 0.3 is 5.97 Å². The van der Waals surface area contributed by atoms with Gasteiger partial charge in [-0.1, -0.05) is 0 Å². The SMILES string of the molecule is Cc1ccoc1C1C(C(=O)O)OCC(=O)N1C1CC1. The van der Waals surface area contributed by atoms with Crippen LogP contribution in [0.4, 0.5) is 0 Å². The van der Waals surface area contributed by atoms with Gasteiger partial charge in [0.05, 0.1) is 6.26 Å². The van der Waals surface area contributed by atoms with Crippen molar-refractivity contribution in [2.75, 3.05) is 6.61 Å². The molecular weight excluding hydrogens is 250 g/mol. The smallest absolute Gasteiger partial charge is 0.335 e. The highest BCUT2D eigenvalue weighted by atomic mass is 16.5. The minimum Gasteiger partial charge on any atom is -0.479 e. The number of carboxylic acids is 1. The van der Waals surface area contributed by atoms with Gasteiger partial charge in [-0.3, -0.25) is 4.79 Å². The van der Waals surface area contributed by atoms with E-state index < -0.39 is 18.1 Å². The van der Waals surface area contributed by atoms with Gasteiger partial charge in [0.2, 0.25) is 5.91 Å². The Morgan fingerprint density at radius 1 is 1.47 bits per heavy atom. The normalized spacial score (nSPS) is 27.6. The maximum Gasteiger partial charge on any atom is 0.335 e. The fourth-order valence-electron chi connectivity index (χ4n) is 2.57. The van der Waals surface area contributed by atoms with E-state index in [1.54, 1.807) is 11.0 Å². The summed E-state index contributed by atoms with van der Waals surface area (Å²) < 4.78 is 10.6. The highest BCUT2D eigenvalue weighted by molar-refractivity contribution is 5.83. The fraction of sp³-hybridized carbons (Fsp3) is 0.538. The average molecular weight is 265 g/mol. The van der Waals surface area contributed by atoms with Gasteiger partial charge in [0.15, 0.2) is 6.10 Å². The van der Waals surface area contributed by atoms with Crippen LogP contribution in [0.5, 0.6) is 0 Å². The molecule has 1 aliphatic heterocycles. The molecular formula is C13H15NO5. The summed E-state index contributed by atoms with van der Waals surface area (Å²) >= 11 is 0. The van der Waals surface area contributed by atoms with E-state index >= 15 is 0 Å². The molecule has 6 nitrogen and oxygen atoms in total. The highest BCUT2D eigenvalue weighted by Crippen LogP contribution is 2.40. The van der Waals surface area contributed by atoms with Gasteiger partial charge in [0.1, 0.15) is 18.4 Å². The zero-order valence-electron chi connectivity index (χ0n) is 10.5. The number of aryl methyl sites for hydroxylation is 1. The van der Waals surface area contributed by atoms with Gasteiger partial charge in [-0.05, 0) is 31.4 Å². The number of carbonyl (C=O) groups is 2. The Morgan fingerprint density at radius 2 is 2.21 bits per heavy atom. The van der Waals surface area contributed by atoms with Crippen LogP contribution >= 0.6 is 0 Å². The van der Waals surface area contributed by atoms with E-state index in [0.717, 1.165) is 18.4 Å². The number of ether oxygens (including phenoxy) is 1. The van der Waals surface area contributed by atoms with Gasteiger partial charge in [0.25, 0.3) is 0 Å². The van der Waals surface area contributed by atoms with Gasteiger partial charge < -0.3 is 19.2 Å². The molecule has 6 heteroatoms. The minimum atomic E-state index is -1.07. The quantitative estimate of drug-likeness (QED) is 0.885. The molecule has 1 saturated heterocycles. The fourth-order valence-corrected chi connectivity index (χ4v) is 2.57. The molecule has 2 unspecified atom stereocenters. The van der Waals surface area contributed by atoms with E-state index in [0.29, 0.717) is 5.76 Å². The van der Waals surface area contributed by atoms with Crippen LogP contribution in [-0.4, -0.2) is 40.6 Å². The summed E-state index contributed by atoms with van der Waals surface area (Å²) in [5, 5.41) is 9.30. The summed E-state index contributed by atoms with van der Waals surface area (Å²) in [6.45, 7) is 1.66. The van der Waals surface area contributed by atoms with Gasteiger partial charge in [-0.2, -0.15) is 0 Å². The van der Waals surface area contributed by atoms with E-state index in [1.807, 2.05) is 6.92 Å². The van der Waals surface area contributed by atoms with E-state index in [1.165, 1.54) is 6.26 Å². The van der Waals surface area contributed by atoms with E-state index in [9.17, 15) is 14.7 Å². The van der Waals surface area contributed by atoms with E-state index in [2.05, 4.69) is 0 Å². The maximum absolute atomic E-state index is 12.0. The Morgan fingerprint density at radius 3 is 2.74 bits per heavy atom. The number of rotatable bonds is 3. The molecule has 0 radical (unpaired) electrons.